The lowest BCUT2D eigenvalue weighted by molar-refractivity contribution is 0.248. The van der Waals surface area contributed by atoms with Crippen molar-refractivity contribution >= 4 is 24.2 Å². The van der Waals surface area contributed by atoms with Crippen LogP contribution in [0.2, 0.25) is 0 Å². The van der Waals surface area contributed by atoms with Crippen molar-refractivity contribution < 1.29 is 19.1 Å². The van der Waals surface area contributed by atoms with Crippen LogP contribution in [0.1, 0.15) is 25.7 Å². The highest BCUT2D eigenvalue weighted by atomic mass is 32.7. The first-order valence-electron chi connectivity index (χ1n) is 5.86. The number of primary amides is 1. The van der Waals surface area contributed by atoms with Gasteiger partial charge in [0.2, 0.25) is 0 Å². The molecule has 2 amide bonds. The first-order valence-corrected chi connectivity index (χ1v) is 9.06. The van der Waals surface area contributed by atoms with Gasteiger partial charge < -0.3 is 26.2 Å². The zero-order valence-electron chi connectivity index (χ0n) is 10.3. The highest BCUT2D eigenvalue weighted by molar-refractivity contribution is 8.54. The van der Waals surface area contributed by atoms with E-state index in [-0.39, 0.29) is 0 Å². The van der Waals surface area contributed by atoms with Gasteiger partial charge in [0.1, 0.15) is 0 Å². The average Bonchev–Trinajstić information content (AvgIpc) is 2.24. The molecular formula is C9H22N3O4PS. The van der Waals surface area contributed by atoms with Crippen molar-refractivity contribution in [3.8, 4) is 0 Å². The second-order valence-corrected chi connectivity index (χ2v) is 7.63. The number of nitrogens with one attached hydrogen (secondary N) is 2. The molecule has 0 unspecified atom stereocenters. The molecule has 0 aromatic heterocycles. The first-order chi connectivity index (χ1) is 8.42. The largest absolute Gasteiger partial charge is 0.384 e. The van der Waals surface area contributed by atoms with E-state index < -0.39 is 12.8 Å². The van der Waals surface area contributed by atoms with E-state index in [2.05, 4.69) is 10.6 Å². The van der Waals surface area contributed by atoms with E-state index in [1.54, 1.807) is 0 Å². The van der Waals surface area contributed by atoms with Gasteiger partial charge in [0.15, 0.2) is 0 Å². The van der Waals surface area contributed by atoms with E-state index in [4.69, 9.17) is 15.5 Å². The van der Waals surface area contributed by atoms with Crippen LogP contribution >= 0.6 is 18.2 Å². The molecule has 18 heavy (non-hydrogen) atoms. The number of carbonyl (C=O) groups excluding carboxylic acids is 1. The Labute approximate surface area is 111 Å². The molecule has 9 heteroatoms. The number of carbonyl (C=O) groups is 1. The predicted molar refractivity (Wildman–Crippen MR) is 73.4 cm³/mol. The van der Waals surface area contributed by atoms with Crippen LogP contribution in [0.5, 0.6) is 0 Å². The fourth-order valence-electron chi connectivity index (χ4n) is 1.30. The molecule has 0 radical (unpaired) electrons. The number of rotatable bonds is 11. The first kappa shape index (κ1) is 17.7. The topological polar surface area (TPSA) is 125 Å². The van der Waals surface area contributed by atoms with Crippen molar-refractivity contribution in [1.82, 2.24) is 10.6 Å². The minimum absolute atomic E-state index is 0.410. The van der Waals surface area contributed by atoms with Gasteiger partial charge in [-0.05, 0) is 30.8 Å². The third kappa shape index (κ3) is 15.7. The number of hydrogen-bond acceptors (Lipinski definition) is 4. The quantitative estimate of drug-likeness (QED) is 0.281. The normalized spacial score (nSPS) is 11.4. The van der Waals surface area contributed by atoms with Crippen LogP contribution in [-0.2, 0) is 4.57 Å². The molecule has 6 N–H and O–H groups in total. The van der Waals surface area contributed by atoms with Crippen LogP contribution in [0.25, 0.3) is 0 Å². The highest BCUT2D eigenvalue weighted by Gasteiger charge is 2.11. The van der Waals surface area contributed by atoms with E-state index in [1.165, 1.54) is 0 Å². The van der Waals surface area contributed by atoms with Gasteiger partial charge in [-0.15, -0.1) is 0 Å². The molecule has 0 atom stereocenters. The molecule has 0 aliphatic carbocycles. The van der Waals surface area contributed by atoms with E-state index in [0.717, 1.165) is 32.2 Å². The summed E-state index contributed by atoms with van der Waals surface area (Å²) in [5.74, 6) is 0.410. The Morgan fingerprint density at radius 2 is 1.72 bits per heavy atom. The molecule has 0 spiro atoms. The summed E-state index contributed by atoms with van der Waals surface area (Å²) < 4.78 is 10.5. The van der Waals surface area contributed by atoms with Crippen molar-refractivity contribution in [1.29, 1.82) is 0 Å². The van der Waals surface area contributed by atoms with E-state index >= 15 is 0 Å². The summed E-state index contributed by atoms with van der Waals surface area (Å²) in [6.07, 6.45) is 4.01. The van der Waals surface area contributed by atoms with Gasteiger partial charge in [0.25, 0.3) is 0 Å². The third-order valence-electron chi connectivity index (χ3n) is 2.12. The maximum Gasteiger partial charge on any atom is 0.384 e. The molecule has 0 bridgehead atoms. The molecule has 0 heterocycles. The minimum Gasteiger partial charge on any atom is -0.352 e. The Balaban J connectivity index is 3.08. The van der Waals surface area contributed by atoms with Gasteiger partial charge in [-0.25, -0.2) is 9.36 Å². The monoisotopic (exact) mass is 299 g/mol. The number of unbranched alkanes of at least 4 members (excludes halogenated alkanes) is 3. The van der Waals surface area contributed by atoms with Crippen LogP contribution in [0.15, 0.2) is 0 Å². The number of amides is 2. The zero-order chi connectivity index (χ0) is 13.9. The van der Waals surface area contributed by atoms with E-state index in [0.29, 0.717) is 30.2 Å². The smallest absolute Gasteiger partial charge is 0.352 e. The summed E-state index contributed by atoms with van der Waals surface area (Å²) in [4.78, 5) is 27.5. The Hall–Kier alpha value is -0.270. The molecule has 0 saturated carbocycles. The summed E-state index contributed by atoms with van der Waals surface area (Å²) in [5.41, 5.74) is 4.91. The second-order valence-electron chi connectivity index (χ2n) is 3.78. The number of nitrogens with two attached hydrogens (primary N) is 1. The molecule has 0 aromatic carbocycles. The lowest BCUT2D eigenvalue weighted by atomic mass is 10.2. The summed E-state index contributed by atoms with van der Waals surface area (Å²) >= 11 is 0.663. The van der Waals surface area contributed by atoms with Crippen molar-refractivity contribution in [2.24, 2.45) is 5.73 Å². The molecule has 108 valence electrons. The summed E-state index contributed by atoms with van der Waals surface area (Å²) in [7, 11) is 0. The lowest BCUT2D eigenvalue weighted by Gasteiger charge is -2.05. The van der Waals surface area contributed by atoms with Crippen molar-refractivity contribution in [3.63, 3.8) is 0 Å². The van der Waals surface area contributed by atoms with Gasteiger partial charge >= 0.3 is 12.8 Å². The van der Waals surface area contributed by atoms with E-state index in [1.807, 2.05) is 0 Å². The number of hydrogen-bond donors (Lipinski definition) is 5. The van der Waals surface area contributed by atoms with Gasteiger partial charge in [0.05, 0.1) is 0 Å². The van der Waals surface area contributed by atoms with Crippen LogP contribution < -0.4 is 16.4 Å². The summed E-state index contributed by atoms with van der Waals surface area (Å²) in [6, 6.07) is -0.487. The number of urea groups is 1. The van der Waals surface area contributed by atoms with Gasteiger partial charge in [-0.1, -0.05) is 12.8 Å². The Morgan fingerprint density at radius 1 is 1.11 bits per heavy atom. The molecule has 0 aliphatic heterocycles. The molecule has 7 nitrogen and oxygen atoms in total. The van der Waals surface area contributed by atoms with Crippen LogP contribution in [0, 0.1) is 0 Å². The summed E-state index contributed by atoms with van der Waals surface area (Å²) in [6.45, 7) is -1.87. The molecule has 0 saturated heterocycles. The molecular weight excluding hydrogens is 277 g/mol. The van der Waals surface area contributed by atoms with Gasteiger partial charge in [-0.3, -0.25) is 0 Å². The van der Waals surface area contributed by atoms with Gasteiger partial charge in [0, 0.05) is 18.8 Å². The third-order valence-corrected chi connectivity index (χ3v) is 4.40. The molecule has 0 aromatic rings. The van der Waals surface area contributed by atoms with Crippen LogP contribution in [-0.4, -0.2) is 41.2 Å². The average molecular weight is 299 g/mol. The zero-order valence-corrected chi connectivity index (χ0v) is 12.0. The highest BCUT2D eigenvalue weighted by Crippen LogP contribution is 2.49. The molecule has 0 fully saturated rings. The van der Waals surface area contributed by atoms with Crippen molar-refractivity contribution in [3.05, 3.63) is 0 Å². The van der Waals surface area contributed by atoms with Crippen LogP contribution in [0.4, 0.5) is 4.79 Å². The lowest BCUT2D eigenvalue weighted by Crippen LogP contribution is -2.29. The van der Waals surface area contributed by atoms with Gasteiger partial charge in [-0.2, -0.15) is 0 Å². The fourth-order valence-corrected chi connectivity index (χ4v) is 2.76. The maximum absolute atomic E-state index is 10.5. The standard InChI is InChI=1S/C9H22N3O4PS/c10-9(13)12-6-4-2-1-3-5-11-7-8-18-17(14,15)16/h11H,1-8H2,(H3,10,12,13)(H2,14,15,16). The van der Waals surface area contributed by atoms with E-state index in [9.17, 15) is 9.36 Å². The Bertz CT molecular complexity index is 275. The maximum atomic E-state index is 10.5. The molecule has 0 rings (SSSR count). The predicted octanol–water partition coefficient (Wildman–Crippen LogP) is 0.631. The summed E-state index contributed by atoms with van der Waals surface area (Å²) in [5, 5.41) is 5.64. The van der Waals surface area contributed by atoms with Crippen LogP contribution in [0.3, 0.4) is 0 Å². The minimum atomic E-state index is -3.92. The van der Waals surface area contributed by atoms with Crippen molar-refractivity contribution in [2.75, 3.05) is 25.4 Å². The molecule has 0 aliphatic rings. The Kier molecular flexibility index (Phi) is 10.5. The fraction of sp³-hybridized carbons (Fsp3) is 0.889. The Morgan fingerprint density at radius 3 is 2.28 bits per heavy atom. The second kappa shape index (κ2) is 10.6. The van der Waals surface area contributed by atoms with Crippen molar-refractivity contribution in [2.45, 2.75) is 25.7 Å². The SMILES string of the molecule is NC(=O)NCCCCCCNCCSP(=O)(O)O.